The van der Waals surface area contributed by atoms with Gasteiger partial charge in [0.15, 0.2) is 11.0 Å². The molecule has 2 aliphatic heterocycles. The number of amides is 2. The minimum atomic E-state index is -1.68. The summed E-state index contributed by atoms with van der Waals surface area (Å²) in [5, 5.41) is 0.00526. The Balaban J connectivity index is 1.65. The van der Waals surface area contributed by atoms with Gasteiger partial charge in [0, 0.05) is 12.1 Å². The summed E-state index contributed by atoms with van der Waals surface area (Å²) in [6.07, 6.45) is 1.42. The summed E-state index contributed by atoms with van der Waals surface area (Å²) in [7, 11) is 0. The van der Waals surface area contributed by atoms with Crippen LogP contribution in [0.5, 0.6) is 0 Å². The van der Waals surface area contributed by atoms with Crippen molar-refractivity contribution in [1.29, 1.82) is 0 Å². The molecule has 1 unspecified atom stereocenters. The number of carbonyl (C=O) groups is 2. The van der Waals surface area contributed by atoms with E-state index in [1.54, 1.807) is 17.0 Å². The standard InChI is InChI=1S/C30H25FN2O4/c1-3-4-14-33-28(35)27-25(26(34)21-16-20(31)12-13-24(21)37-27)30(33)22-10-5-6-11-23(22)32(29(30)36)17-19-9-7-8-18(2)15-19/h5-13,15-16H,3-4,14,17H2,1-2H3. The minimum Gasteiger partial charge on any atom is -0.450 e. The summed E-state index contributed by atoms with van der Waals surface area (Å²) >= 11 is 0. The third kappa shape index (κ3) is 3.19. The van der Waals surface area contributed by atoms with Crippen molar-refractivity contribution < 1.29 is 18.4 Å². The largest absolute Gasteiger partial charge is 0.450 e. The predicted molar refractivity (Wildman–Crippen MR) is 138 cm³/mol. The SMILES string of the molecule is CCCCN1C(=O)c2oc3ccc(F)cc3c(=O)c2C12C(=O)N(Cc1cccc(C)c1)c1ccccc12. The topological polar surface area (TPSA) is 70.8 Å². The maximum Gasteiger partial charge on any atom is 0.291 e. The summed E-state index contributed by atoms with van der Waals surface area (Å²) in [4.78, 5) is 45.5. The normalized spacial score (nSPS) is 18.2. The van der Waals surface area contributed by atoms with Crippen LogP contribution in [-0.4, -0.2) is 23.3 Å². The summed E-state index contributed by atoms with van der Waals surface area (Å²) in [5.41, 5.74) is 1.02. The van der Waals surface area contributed by atoms with Gasteiger partial charge in [0.1, 0.15) is 11.4 Å². The van der Waals surface area contributed by atoms with Crippen LogP contribution in [0.4, 0.5) is 10.1 Å². The van der Waals surface area contributed by atoms with E-state index in [0.717, 1.165) is 23.6 Å². The lowest BCUT2D eigenvalue weighted by Gasteiger charge is -2.34. The zero-order chi connectivity index (χ0) is 25.9. The molecule has 1 spiro atoms. The molecule has 3 heterocycles. The van der Waals surface area contributed by atoms with Gasteiger partial charge in [-0.05, 0) is 43.2 Å². The van der Waals surface area contributed by atoms with E-state index in [9.17, 15) is 18.8 Å². The van der Waals surface area contributed by atoms with E-state index < -0.39 is 22.7 Å². The van der Waals surface area contributed by atoms with Crippen LogP contribution in [0.1, 0.15) is 52.6 Å². The van der Waals surface area contributed by atoms with Gasteiger partial charge in [0.05, 0.1) is 23.2 Å². The zero-order valence-electron chi connectivity index (χ0n) is 20.6. The Labute approximate surface area is 212 Å². The van der Waals surface area contributed by atoms with Crippen LogP contribution in [-0.2, 0) is 16.9 Å². The number of rotatable bonds is 5. The highest BCUT2D eigenvalue weighted by Gasteiger charge is 2.64. The van der Waals surface area contributed by atoms with Crippen molar-refractivity contribution in [2.75, 3.05) is 11.4 Å². The van der Waals surface area contributed by atoms with Gasteiger partial charge in [0.2, 0.25) is 5.76 Å². The average molecular weight is 497 g/mol. The van der Waals surface area contributed by atoms with Gasteiger partial charge in [-0.3, -0.25) is 14.4 Å². The Hall–Kier alpha value is -4.26. The first-order valence-corrected chi connectivity index (χ1v) is 12.4. The van der Waals surface area contributed by atoms with Crippen molar-refractivity contribution in [1.82, 2.24) is 4.90 Å². The molecule has 6 nitrogen and oxygen atoms in total. The van der Waals surface area contributed by atoms with Crippen LogP contribution < -0.4 is 10.3 Å². The highest BCUT2D eigenvalue weighted by atomic mass is 19.1. The van der Waals surface area contributed by atoms with Crippen LogP contribution in [0.25, 0.3) is 11.0 Å². The molecule has 37 heavy (non-hydrogen) atoms. The van der Waals surface area contributed by atoms with Crippen molar-refractivity contribution >= 4 is 28.5 Å². The molecule has 0 bridgehead atoms. The number of halogens is 1. The fraction of sp³-hybridized carbons (Fsp3) is 0.233. The fourth-order valence-corrected chi connectivity index (χ4v) is 5.73. The number of unbranched alkanes of at least 4 members (excludes halogenated alkanes) is 1. The Morgan fingerprint density at radius 2 is 1.78 bits per heavy atom. The molecule has 1 aromatic heterocycles. The predicted octanol–water partition coefficient (Wildman–Crippen LogP) is 5.29. The van der Waals surface area contributed by atoms with E-state index in [1.165, 1.54) is 17.0 Å². The molecule has 3 aromatic carbocycles. The summed E-state index contributed by atoms with van der Waals surface area (Å²) in [5.74, 6) is -1.64. The van der Waals surface area contributed by atoms with Crippen molar-refractivity contribution in [2.45, 2.75) is 38.8 Å². The lowest BCUT2D eigenvalue weighted by Crippen LogP contribution is -2.53. The number of fused-ring (bicyclic) bond motifs is 5. The third-order valence-corrected chi connectivity index (χ3v) is 7.36. The maximum atomic E-state index is 14.6. The summed E-state index contributed by atoms with van der Waals surface area (Å²) in [6, 6.07) is 18.8. The Bertz CT molecular complexity index is 1660. The van der Waals surface area contributed by atoms with Gasteiger partial charge in [0.25, 0.3) is 11.8 Å². The number of aryl methyl sites for hydroxylation is 1. The molecular formula is C30H25FN2O4. The highest BCUT2D eigenvalue weighted by molar-refractivity contribution is 6.17. The second kappa shape index (κ2) is 8.40. The second-order valence-corrected chi connectivity index (χ2v) is 9.69. The van der Waals surface area contributed by atoms with Crippen LogP contribution in [0, 0.1) is 12.7 Å². The van der Waals surface area contributed by atoms with Crippen molar-refractivity contribution in [3.8, 4) is 0 Å². The van der Waals surface area contributed by atoms with Gasteiger partial charge in [-0.25, -0.2) is 4.39 Å². The van der Waals surface area contributed by atoms with Gasteiger partial charge >= 0.3 is 0 Å². The third-order valence-electron chi connectivity index (χ3n) is 7.36. The van der Waals surface area contributed by atoms with Gasteiger partial charge < -0.3 is 14.2 Å². The first kappa shape index (κ1) is 23.2. The number of para-hydroxylation sites is 1. The second-order valence-electron chi connectivity index (χ2n) is 9.69. The van der Waals surface area contributed by atoms with Crippen LogP contribution in [0.2, 0.25) is 0 Å². The number of benzene rings is 3. The molecular weight excluding hydrogens is 471 g/mol. The van der Waals surface area contributed by atoms with Gasteiger partial charge in [-0.15, -0.1) is 0 Å². The summed E-state index contributed by atoms with van der Waals surface area (Å²) in [6.45, 7) is 4.52. The number of anilines is 1. The Morgan fingerprint density at radius 1 is 0.973 bits per heavy atom. The van der Waals surface area contributed by atoms with Gasteiger partial charge in [-0.2, -0.15) is 0 Å². The Kier molecular flexibility index (Phi) is 5.26. The Morgan fingerprint density at radius 3 is 2.57 bits per heavy atom. The summed E-state index contributed by atoms with van der Waals surface area (Å²) < 4.78 is 20.1. The molecule has 1 atom stereocenters. The molecule has 2 aliphatic rings. The van der Waals surface area contributed by atoms with E-state index in [2.05, 4.69) is 0 Å². The van der Waals surface area contributed by atoms with Crippen molar-refractivity contribution in [3.63, 3.8) is 0 Å². The molecule has 186 valence electrons. The molecule has 0 saturated carbocycles. The van der Waals surface area contributed by atoms with E-state index in [0.29, 0.717) is 17.7 Å². The monoisotopic (exact) mass is 496 g/mol. The first-order valence-electron chi connectivity index (χ1n) is 12.4. The van der Waals surface area contributed by atoms with Gasteiger partial charge in [-0.1, -0.05) is 61.4 Å². The van der Waals surface area contributed by atoms with Crippen LogP contribution in [0.3, 0.4) is 0 Å². The fourth-order valence-electron chi connectivity index (χ4n) is 5.73. The lowest BCUT2D eigenvalue weighted by atomic mass is 9.84. The van der Waals surface area contributed by atoms with E-state index >= 15 is 0 Å². The maximum absolute atomic E-state index is 14.6. The molecule has 0 radical (unpaired) electrons. The van der Waals surface area contributed by atoms with Crippen LogP contribution in [0.15, 0.2) is 75.9 Å². The van der Waals surface area contributed by atoms with Crippen LogP contribution >= 0.6 is 0 Å². The number of hydrogen-bond acceptors (Lipinski definition) is 4. The first-order chi connectivity index (χ1) is 17.9. The molecule has 2 amide bonds. The number of hydrogen-bond donors (Lipinski definition) is 0. The zero-order valence-corrected chi connectivity index (χ0v) is 20.6. The molecule has 0 fully saturated rings. The smallest absolute Gasteiger partial charge is 0.291 e. The average Bonchev–Trinajstić information content (AvgIpc) is 3.28. The number of nitrogens with zero attached hydrogens (tertiary/aromatic N) is 2. The molecule has 4 aromatic rings. The van der Waals surface area contributed by atoms with Crippen molar-refractivity contribution in [2.24, 2.45) is 0 Å². The molecule has 6 rings (SSSR count). The van der Waals surface area contributed by atoms with E-state index in [4.69, 9.17) is 4.42 Å². The van der Waals surface area contributed by atoms with Crippen molar-refractivity contribution in [3.05, 3.63) is 111 Å². The number of carbonyl (C=O) groups excluding carboxylic acids is 2. The molecule has 0 N–H and O–H groups in total. The lowest BCUT2D eigenvalue weighted by molar-refractivity contribution is -0.126. The van der Waals surface area contributed by atoms with E-state index in [1.807, 2.05) is 50.2 Å². The minimum absolute atomic E-state index is 0.00526. The van der Waals surface area contributed by atoms with E-state index in [-0.39, 0.29) is 41.3 Å². The highest BCUT2D eigenvalue weighted by Crippen LogP contribution is 2.53. The molecule has 0 aliphatic carbocycles. The molecule has 7 heteroatoms. The molecule has 0 saturated heterocycles. The quantitative estimate of drug-likeness (QED) is 0.377.